The zero-order valence-electron chi connectivity index (χ0n) is 17.4. The third-order valence-corrected chi connectivity index (χ3v) is 6.12. The van der Waals surface area contributed by atoms with Gasteiger partial charge in [0.05, 0.1) is 30.6 Å². The topological polar surface area (TPSA) is 99.2 Å². The SMILES string of the molecule is CC(C)c1cc(NC2CCC(n3nc4c(cc3=O)COCC4)CC2)n2ncnc2n1. The summed E-state index contributed by atoms with van der Waals surface area (Å²) < 4.78 is 8.91. The average molecular weight is 409 g/mol. The van der Waals surface area contributed by atoms with Gasteiger partial charge in [-0.1, -0.05) is 13.8 Å². The molecule has 30 heavy (non-hydrogen) atoms. The molecule has 0 aromatic carbocycles. The molecule has 0 bridgehead atoms. The third kappa shape index (κ3) is 3.58. The normalized spacial score (nSPS) is 21.7. The molecule has 9 nitrogen and oxygen atoms in total. The van der Waals surface area contributed by atoms with Crippen molar-refractivity contribution in [2.45, 2.75) is 70.6 Å². The Morgan fingerprint density at radius 2 is 2.03 bits per heavy atom. The summed E-state index contributed by atoms with van der Waals surface area (Å²) in [6, 6.07) is 4.24. The molecule has 0 unspecified atom stereocenters. The van der Waals surface area contributed by atoms with Crippen LogP contribution in [0.5, 0.6) is 0 Å². The highest BCUT2D eigenvalue weighted by Gasteiger charge is 2.26. The van der Waals surface area contributed by atoms with Crippen LogP contribution in [0.2, 0.25) is 0 Å². The largest absolute Gasteiger partial charge is 0.376 e. The number of ether oxygens (including phenoxy) is 1. The van der Waals surface area contributed by atoms with Gasteiger partial charge in [0, 0.05) is 30.2 Å². The first-order valence-corrected chi connectivity index (χ1v) is 10.7. The lowest BCUT2D eigenvalue weighted by Gasteiger charge is -2.31. The predicted octanol–water partition coefficient (Wildman–Crippen LogP) is 2.47. The van der Waals surface area contributed by atoms with Crippen LogP contribution < -0.4 is 10.9 Å². The van der Waals surface area contributed by atoms with Crippen molar-refractivity contribution in [2.75, 3.05) is 11.9 Å². The minimum atomic E-state index is -0.0179. The molecular formula is C21H27N7O2. The van der Waals surface area contributed by atoms with E-state index in [0.717, 1.165) is 54.9 Å². The highest BCUT2D eigenvalue weighted by molar-refractivity contribution is 5.46. The first-order chi connectivity index (χ1) is 14.6. The van der Waals surface area contributed by atoms with Crippen molar-refractivity contribution >= 4 is 11.6 Å². The summed E-state index contributed by atoms with van der Waals surface area (Å²) in [6.45, 7) is 5.42. The van der Waals surface area contributed by atoms with Gasteiger partial charge in [-0.05, 0) is 31.6 Å². The van der Waals surface area contributed by atoms with E-state index >= 15 is 0 Å². The van der Waals surface area contributed by atoms with Gasteiger partial charge in [0.1, 0.15) is 12.1 Å². The molecule has 0 atom stereocenters. The van der Waals surface area contributed by atoms with Gasteiger partial charge >= 0.3 is 0 Å². The highest BCUT2D eigenvalue weighted by atomic mass is 16.5. The van der Waals surface area contributed by atoms with Crippen LogP contribution >= 0.6 is 0 Å². The van der Waals surface area contributed by atoms with Crippen molar-refractivity contribution in [3.05, 3.63) is 45.8 Å². The molecule has 0 spiro atoms. The van der Waals surface area contributed by atoms with Crippen LogP contribution in [0.3, 0.4) is 0 Å². The van der Waals surface area contributed by atoms with Crippen molar-refractivity contribution < 1.29 is 4.74 Å². The number of nitrogens with zero attached hydrogens (tertiary/aromatic N) is 6. The lowest BCUT2D eigenvalue weighted by molar-refractivity contribution is 0.107. The van der Waals surface area contributed by atoms with Gasteiger partial charge in [0.25, 0.3) is 11.3 Å². The van der Waals surface area contributed by atoms with E-state index in [9.17, 15) is 4.79 Å². The molecule has 158 valence electrons. The van der Waals surface area contributed by atoms with Crippen molar-refractivity contribution in [1.82, 2.24) is 29.4 Å². The highest BCUT2D eigenvalue weighted by Crippen LogP contribution is 2.30. The Morgan fingerprint density at radius 1 is 1.20 bits per heavy atom. The summed E-state index contributed by atoms with van der Waals surface area (Å²) >= 11 is 0. The Kier molecular flexibility index (Phi) is 4.98. The van der Waals surface area contributed by atoms with Crippen LogP contribution in [-0.2, 0) is 17.8 Å². The van der Waals surface area contributed by atoms with E-state index < -0.39 is 0 Å². The van der Waals surface area contributed by atoms with Crippen LogP contribution in [0.15, 0.2) is 23.3 Å². The zero-order valence-corrected chi connectivity index (χ0v) is 17.4. The van der Waals surface area contributed by atoms with Crippen LogP contribution in [0.25, 0.3) is 5.78 Å². The van der Waals surface area contributed by atoms with E-state index in [4.69, 9.17) is 4.74 Å². The summed E-state index contributed by atoms with van der Waals surface area (Å²) in [5.41, 5.74) is 2.93. The molecule has 2 aliphatic rings. The molecule has 4 heterocycles. The smallest absolute Gasteiger partial charge is 0.267 e. The molecule has 1 aliphatic heterocycles. The summed E-state index contributed by atoms with van der Waals surface area (Å²) in [5, 5.41) is 12.6. The van der Waals surface area contributed by atoms with Crippen molar-refractivity contribution in [1.29, 1.82) is 0 Å². The molecular weight excluding hydrogens is 382 g/mol. The second-order valence-electron chi connectivity index (χ2n) is 8.54. The van der Waals surface area contributed by atoms with E-state index in [-0.39, 0.29) is 11.6 Å². The Balaban J connectivity index is 1.31. The number of fused-ring (bicyclic) bond motifs is 2. The van der Waals surface area contributed by atoms with Crippen molar-refractivity contribution in [3.63, 3.8) is 0 Å². The van der Waals surface area contributed by atoms with E-state index in [0.29, 0.717) is 31.0 Å². The first-order valence-electron chi connectivity index (χ1n) is 10.7. The number of hydrogen-bond acceptors (Lipinski definition) is 7. The van der Waals surface area contributed by atoms with Gasteiger partial charge < -0.3 is 10.1 Å². The van der Waals surface area contributed by atoms with Gasteiger partial charge in [-0.2, -0.15) is 19.7 Å². The summed E-state index contributed by atoms with van der Waals surface area (Å²) in [4.78, 5) is 21.4. The van der Waals surface area contributed by atoms with E-state index in [2.05, 4.69) is 45.4 Å². The summed E-state index contributed by atoms with van der Waals surface area (Å²) in [5.74, 6) is 1.86. The predicted molar refractivity (Wildman–Crippen MR) is 112 cm³/mol. The summed E-state index contributed by atoms with van der Waals surface area (Å²) in [6.07, 6.45) is 6.09. The lowest BCUT2D eigenvalue weighted by Crippen LogP contribution is -2.35. The van der Waals surface area contributed by atoms with E-state index in [1.54, 1.807) is 15.3 Å². The number of nitrogens with one attached hydrogen (secondary N) is 1. The maximum Gasteiger partial charge on any atom is 0.267 e. The fourth-order valence-electron chi connectivity index (χ4n) is 4.39. The van der Waals surface area contributed by atoms with E-state index in [1.807, 2.05) is 0 Å². The second kappa shape index (κ2) is 7.79. The minimum Gasteiger partial charge on any atom is -0.376 e. The Hall–Kier alpha value is -2.81. The fraction of sp³-hybridized carbons (Fsp3) is 0.571. The monoisotopic (exact) mass is 409 g/mol. The average Bonchev–Trinajstić information content (AvgIpc) is 3.23. The Morgan fingerprint density at radius 3 is 2.83 bits per heavy atom. The molecule has 1 fully saturated rings. The first kappa shape index (κ1) is 19.2. The van der Waals surface area contributed by atoms with Crippen LogP contribution in [0.1, 0.15) is 68.4 Å². The van der Waals surface area contributed by atoms with Gasteiger partial charge in [-0.3, -0.25) is 4.79 Å². The molecule has 0 radical (unpaired) electrons. The summed E-state index contributed by atoms with van der Waals surface area (Å²) in [7, 11) is 0. The standard InChI is InChI=1S/C21H27N7O2/c1-13(2)18-10-19(28-21(25-18)22-12-23-28)24-15-3-5-16(6-4-15)27-20(29)9-14-11-30-8-7-17(14)26-27/h9-10,12-13,15-16,24H,3-8,11H2,1-2H3. The number of rotatable bonds is 4. The van der Waals surface area contributed by atoms with Crippen LogP contribution in [-0.4, -0.2) is 42.0 Å². The van der Waals surface area contributed by atoms with Gasteiger partial charge in [-0.15, -0.1) is 0 Å². The third-order valence-electron chi connectivity index (χ3n) is 6.12. The zero-order chi connectivity index (χ0) is 20.7. The molecule has 9 heteroatoms. The second-order valence-corrected chi connectivity index (χ2v) is 8.54. The molecule has 1 saturated carbocycles. The molecule has 0 amide bonds. The van der Waals surface area contributed by atoms with Gasteiger partial charge in [0.2, 0.25) is 0 Å². The maximum atomic E-state index is 12.6. The van der Waals surface area contributed by atoms with Crippen LogP contribution in [0, 0.1) is 0 Å². The van der Waals surface area contributed by atoms with Crippen molar-refractivity contribution in [2.24, 2.45) is 0 Å². The van der Waals surface area contributed by atoms with E-state index in [1.165, 1.54) is 6.33 Å². The molecule has 5 rings (SSSR count). The number of hydrogen-bond donors (Lipinski definition) is 1. The molecule has 0 saturated heterocycles. The quantitative estimate of drug-likeness (QED) is 0.707. The molecule has 1 N–H and O–H groups in total. The van der Waals surface area contributed by atoms with Crippen LogP contribution in [0.4, 0.5) is 5.82 Å². The lowest BCUT2D eigenvalue weighted by atomic mass is 9.91. The fourth-order valence-corrected chi connectivity index (χ4v) is 4.39. The van der Waals surface area contributed by atoms with Gasteiger partial charge in [0.15, 0.2) is 0 Å². The Labute approximate surface area is 174 Å². The Bertz CT molecular complexity index is 1110. The number of aromatic nitrogens is 6. The molecule has 3 aromatic heterocycles. The molecule has 3 aromatic rings. The number of anilines is 1. The van der Waals surface area contributed by atoms with Gasteiger partial charge in [-0.25, -0.2) is 9.67 Å². The van der Waals surface area contributed by atoms with Crippen molar-refractivity contribution in [3.8, 4) is 0 Å². The minimum absolute atomic E-state index is 0.0179. The molecule has 1 aliphatic carbocycles. The maximum absolute atomic E-state index is 12.6.